The van der Waals surface area contributed by atoms with E-state index in [1.54, 1.807) is 24.3 Å². The highest BCUT2D eigenvalue weighted by molar-refractivity contribution is 7.89. The van der Waals surface area contributed by atoms with E-state index in [1.807, 2.05) is 41.1 Å². The first-order valence-electron chi connectivity index (χ1n) is 9.47. The molecule has 0 unspecified atom stereocenters. The highest BCUT2D eigenvalue weighted by Gasteiger charge is 2.14. The van der Waals surface area contributed by atoms with E-state index in [1.165, 1.54) is 18.4 Å². The third-order valence-electron chi connectivity index (χ3n) is 4.72. The Kier molecular flexibility index (Phi) is 5.69. The molecule has 7 nitrogen and oxygen atoms in total. The molecule has 0 aliphatic heterocycles. The van der Waals surface area contributed by atoms with Gasteiger partial charge in [0.2, 0.25) is 15.9 Å². The number of aromatic nitrogens is 1. The normalized spacial score (nSPS) is 11.6. The second kappa shape index (κ2) is 8.56. The quantitative estimate of drug-likeness (QED) is 0.451. The van der Waals surface area contributed by atoms with Crippen LogP contribution in [0.15, 0.2) is 88.5 Å². The van der Waals surface area contributed by atoms with Gasteiger partial charge in [0.05, 0.1) is 17.7 Å². The van der Waals surface area contributed by atoms with Crippen LogP contribution in [0, 0.1) is 0 Å². The number of hydrogen-bond donors (Lipinski definition) is 2. The lowest BCUT2D eigenvalue weighted by Gasteiger charge is -2.09. The molecule has 0 saturated heterocycles. The molecule has 2 aromatic carbocycles. The zero-order chi connectivity index (χ0) is 21.0. The molecule has 154 valence electrons. The van der Waals surface area contributed by atoms with Gasteiger partial charge in [0.15, 0.2) is 0 Å². The number of amides is 1. The molecule has 4 aromatic rings. The van der Waals surface area contributed by atoms with Crippen molar-refractivity contribution in [3.63, 3.8) is 0 Å². The summed E-state index contributed by atoms with van der Waals surface area (Å²) in [5.41, 5.74) is 1.63. The standard InChI is InChI=1S/C22H21N3O4S/c26-22(12-14-25-13-11-17-4-1-2-6-21(17)25)24-18-7-9-20(10-8-18)30(27,28)23-16-19-5-3-15-29-19/h1-11,13,15,23H,12,14,16H2,(H,24,26). The van der Waals surface area contributed by atoms with Gasteiger partial charge in [0, 0.05) is 30.4 Å². The molecule has 0 aliphatic carbocycles. The van der Waals surface area contributed by atoms with E-state index in [0.717, 1.165) is 10.9 Å². The first-order valence-corrected chi connectivity index (χ1v) is 11.0. The first-order chi connectivity index (χ1) is 14.5. The number of hydrogen-bond acceptors (Lipinski definition) is 4. The number of furan rings is 1. The lowest BCUT2D eigenvalue weighted by Crippen LogP contribution is -2.23. The fourth-order valence-corrected chi connectivity index (χ4v) is 4.15. The van der Waals surface area contributed by atoms with Crippen molar-refractivity contribution in [2.75, 3.05) is 5.32 Å². The third kappa shape index (κ3) is 4.61. The number of para-hydroxylation sites is 1. The monoisotopic (exact) mass is 423 g/mol. The summed E-state index contributed by atoms with van der Waals surface area (Å²) in [6.07, 6.45) is 3.76. The highest BCUT2D eigenvalue weighted by atomic mass is 32.2. The first kappa shape index (κ1) is 19.9. The molecule has 2 N–H and O–H groups in total. The fraction of sp³-hybridized carbons (Fsp3) is 0.136. The summed E-state index contributed by atoms with van der Waals surface area (Å²) in [6, 6.07) is 19.5. The summed E-state index contributed by atoms with van der Waals surface area (Å²) in [7, 11) is -3.67. The molecular formula is C22H21N3O4S. The molecule has 1 amide bonds. The highest BCUT2D eigenvalue weighted by Crippen LogP contribution is 2.17. The van der Waals surface area contributed by atoms with Crippen molar-refractivity contribution in [1.82, 2.24) is 9.29 Å². The molecule has 8 heteroatoms. The smallest absolute Gasteiger partial charge is 0.240 e. The number of nitrogens with one attached hydrogen (secondary N) is 2. The maximum Gasteiger partial charge on any atom is 0.240 e. The maximum absolute atomic E-state index is 12.4. The summed E-state index contributed by atoms with van der Waals surface area (Å²) < 4.78 is 34.4. The number of nitrogens with zero attached hydrogens (tertiary/aromatic N) is 1. The summed E-state index contributed by atoms with van der Waals surface area (Å²) >= 11 is 0. The van der Waals surface area contributed by atoms with Gasteiger partial charge in [-0.2, -0.15) is 0 Å². The van der Waals surface area contributed by atoms with Crippen molar-refractivity contribution in [1.29, 1.82) is 0 Å². The Labute approximate surface area is 174 Å². The van der Waals surface area contributed by atoms with Gasteiger partial charge in [0.1, 0.15) is 5.76 Å². The predicted molar refractivity (Wildman–Crippen MR) is 114 cm³/mol. The van der Waals surface area contributed by atoms with E-state index in [0.29, 0.717) is 24.4 Å². The molecule has 0 saturated carbocycles. The number of carbonyl (C=O) groups is 1. The second-order valence-electron chi connectivity index (χ2n) is 6.79. The zero-order valence-corrected chi connectivity index (χ0v) is 16.9. The van der Waals surface area contributed by atoms with Crippen molar-refractivity contribution >= 4 is 32.5 Å². The number of anilines is 1. The van der Waals surface area contributed by atoms with Gasteiger partial charge in [-0.3, -0.25) is 4.79 Å². The maximum atomic E-state index is 12.4. The number of fused-ring (bicyclic) bond motifs is 1. The minimum atomic E-state index is -3.67. The number of benzene rings is 2. The number of aryl methyl sites for hydroxylation is 1. The molecule has 0 radical (unpaired) electrons. The molecule has 2 aromatic heterocycles. The summed E-state index contributed by atoms with van der Waals surface area (Å²) in [6.45, 7) is 0.629. The molecule has 0 fully saturated rings. The minimum absolute atomic E-state index is 0.0713. The van der Waals surface area contributed by atoms with Crippen molar-refractivity contribution in [3.05, 3.63) is 85.0 Å². The lowest BCUT2D eigenvalue weighted by atomic mass is 10.2. The van der Waals surface area contributed by atoms with E-state index in [-0.39, 0.29) is 17.3 Å². The fourth-order valence-electron chi connectivity index (χ4n) is 3.16. The van der Waals surface area contributed by atoms with Crippen LogP contribution in [0.4, 0.5) is 5.69 Å². The van der Waals surface area contributed by atoms with Gasteiger partial charge < -0.3 is 14.3 Å². The Morgan fingerprint density at radius 3 is 2.53 bits per heavy atom. The Hall–Kier alpha value is -3.36. The van der Waals surface area contributed by atoms with Gasteiger partial charge >= 0.3 is 0 Å². The van der Waals surface area contributed by atoms with Crippen LogP contribution in [0.2, 0.25) is 0 Å². The van der Waals surface area contributed by atoms with E-state index in [4.69, 9.17) is 4.42 Å². The zero-order valence-electron chi connectivity index (χ0n) is 16.1. The van der Waals surface area contributed by atoms with Gasteiger partial charge in [0.25, 0.3) is 0 Å². The van der Waals surface area contributed by atoms with Crippen LogP contribution in [-0.2, 0) is 27.9 Å². The van der Waals surface area contributed by atoms with E-state index >= 15 is 0 Å². The Morgan fingerprint density at radius 2 is 1.77 bits per heavy atom. The molecule has 0 spiro atoms. The summed E-state index contributed by atoms with van der Waals surface area (Å²) in [5, 5.41) is 3.94. The van der Waals surface area contributed by atoms with E-state index in [2.05, 4.69) is 10.0 Å². The van der Waals surface area contributed by atoms with Gasteiger partial charge in [-0.1, -0.05) is 18.2 Å². The second-order valence-corrected chi connectivity index (χ2v) is 8.56. The van der Waals surface area contributed by atoms with Crippen molar-refractivity contribution in [2.45, 2.75) is 24.4 Å². The average molecular weight is 423 g/mol. The van der Waals surface area contributed by atoms with Gasteiger partial charge in [-0.05, 0) is 53.9 Å². The Morgan fingerprint density at radius 1 is 0.967 bits per heavy atom. The van der Waals surface area contributed by atoms with Crippen LogP contribution in [0.25, 0.3) is 10.9 Å². The van der Waals surface area contributed by atoms with Gasteiger partial charge in [-0.15, -0.1) is 0 Å². The molecule has 2 heterocycles. The Balaban J connectivity index is 1.33. The van der Waals surface area contributed by atoms with Crippen LogP contribution < -0.4 is 10.0 Å². The van der Waals surface area contributed by atoms with Crippen molar-refractivity contribution < 1.29 is 17.6 Å². The van der Waals surface area contributed by atoms with Gasteiger partial charge in [-0.25, -0.2) is 13.1 Å². The van der Waals surface area contributed by atoms with E-state index < -0.39 is 10.0 Å². The largest absolute Gasteiger partial charge is 0.468 e. The summed E-state index contributed by atoms with van der Waals surface area (Å²) in [5.74, 6) is 0.386. The van der Waals surface area contributed by atoms with Crippen LogP contribution >= 0.6 is 0 Å². The van der Waals surface area contributed by atoms with Crippen LogP contribution in [0.3, 0.4) is 0 Å². The average Bonchev–Trinajstić information content (AvgIpc) is 3.41. The predicted octanol–water partition coefficient (Wildman–Crippen LogP) is 3.74. The molecule has 4 rings (SSSR count). The molecule has 0 bridgehead atoms. The molecular weight excluding hydrogens is 402 g/mol. The number of sulfonamides is 1. The molecule has 0 atom stereocenters. The Bertz CT molecular complexity index is 1240. The van der Waals surface area contributed by atoms with E-state index in [9.17, 15) is 13.2 Å². The topological polar surface area (TPSA) is 93.3 Å². The number of carbonyl (C=O) groups excluding carboxylic acids is 1. The number of rotatable bonds is 8. The third-order valence-corrected chi connectivity index (χ3v) is 6.14. The SMILES string of the molecule is O=C(CCn1ccc2ccccc21)Nc1ccc(S(=O)(=O)NCc2ccco2)cc1. The van der Waals surface area contributed by atoms with Crippen LogP contribution in [-0.4, -0.2) is 18.9 Å². The molecule has 0 aliphatic rings. The summed E-state index contributed by atoms with van der Waals surface area (Å²) in [4.78, 5) is 12.4. The van der Waals surface area contributed by atoms with Crippen molar-refractivity contribution in [3.8, 4) is 0 Å². The lowest BCUT2D eigenvalue weighted by molar-refractivity contribution is -0.116. The minimum Gasteiger partial charge on any atom is -0.468 e. The van der Waals surface area contributed by atoms with Crippen molar-refractivity contribution in [2.24, 2.45) is 0 Å². The molecule has 30 heavy (non-hydrogen) atoms. The van der Waals surface area contributed by atoms with Crippen LogP contribution in [0.5, 0.6) is 0 Å². The van der Waals surface area contributed by atoms with Crippen LogP contribution in [0.1, 0.15) is 12.2 Å².